The summed E-state index contributed by atoms with van der Waals surface area (Å²) in [6, 6.07) is 3.56. The van der Waals surface area contributed by atoms with E-state index in [1.54, 1.807) is 18.3 Å². The molecular formula is C14H22N4O2. The van der Waals surface area contributed by atoms with Crippen molar-refractivity contribution in [1.29, 1.82) is 0 Å². The number of ether oxygens (including phenoxy) is 1. The minimum Gasteiger partial charge on any atom is -0.379 e. The molecule has 6 heteroatoms. The Balaban J connectivity index is 1.82. The fourth-order valence-corrected chi connectivity index (χ4v) is 2.14. The van der Waals surface area contributed by atoms with Gasteiger partial charge in [-0.05, 0) is 19.1 Å². The van der Waals surface area contributed by atoms with Gasteiger partial charge >= 0.3 is 0 Å². The second kappa shape index (κ2) is 7.81. The molecule has 1 amide bonds. The van der Waals surface area contributed by atoms with Gasteiger partial charge in [0.15, 0.2) is 0 Å². The predicted octanol–water partition coefficient (Wildman–Crippen LogP) is 0.575. The van der Waals surface area contributed by atoms with E-state index in [0.717, 1.165) is 39.4 Å². The zero-order chi connectivity index (χ0) is 14.2. The third kappa shape index (κ3) is 4.18. The highest BCUT2D eigenvalue weighted by atomic mass is 16.5. The Kier molecular flexibility index (Phi) is 5.76. The van der Waals surface area contributed by atoms with E-state index in [1.807, 2.05) is 6.92 Å². The molecule has 0 unspecified atom stereocenters. The maximum Gasteiger partial charge on any atom is 0.255 e. The number of pyridine rings is 1. The normalized spacial score (nSPS) is 15.8. The lowest BCUT2D eigenvalue weighted by atomic mass is 10.2. The molecule has 20 heavy (non-hydrogen) atoms. The predicted molar refractivity (Wildman–Crippen MR) is 78.0 cm³/mol. The molecule has 1 aliphatic heterocycles. The van der Waals surface area contributed by atoms with Gasteiger partial charge in [-0.25, -0.2) is 4.98 Å². The van der Waals surface area contributed by atoms with Crippen LogP contribution in [0.3, 0.4) is 0 Å². The number of anilines is 1. The van der Waals surface area contributed by atoms with Crippen molar-refractivity contribution in [1.82, 2.24) is 15.2 Å². The molecule has 0 aromatic carbocycles. The second-order valence-electron chi connectivity index (χ2n) is 4.64. The van der Waals surface area contributed by atoms with Gasteiger partial charge in [-0.15, -0.1) is 0 Å². The van der Waals surface area contributed by atoms with Gasteiger partial charge in [0.1, 0.15) is 5.82 Å². The van der Waals surface area contributed by atoms with Crippen LogP contribution in [0.1, 0.15) is 17.3 Å². The van der Waals surface area contributed by atoms with Crippen LogP contribution in [0.5, 0.6) is 0 Å². The van der Waals surface area contributed by atoms with E-state index in [9.17, 15) is 4.79 Å². The Morgan fingerprint density at radius 2 is 2.25 bits per heavy atom. The molecule has 1 fully saturated rings. The Morgan fingerprint density at radius 1 is 1.45 bits per heavy atom. The van der Waals surface area contributed by atoms with E-state index in [4.69, 9.17) is 4.74 Å². The van der Waals surface area contributed by atoms with Crippen molar-refractivity contribution in [2.45, 2.75) is 6.92 Å². The van der Waals surface area contributed by atoms with Crippen molar-refractivity contribution < 1.29 is 9.53 Å². The summed E-state index contributed by atoms with van der Waals surface area (Å²) in [5, 5.41) is 6.04. The van der Waals surface area contributed by atoms with E-state index >= 15 is 0 Å². The molecule has 1 aliphatic rings. The van der Waals surface area contributed by atoms with Crippen LogP contribution in [0, 0.1) is 0 Å². The molecule has 0 saturated carbocycles. The summed E-state index contributed by atoms with van der Waals surface area (Å²) in [5.41, 5.74) is 0.594. The number of aromatic nitrogens is 1. The van der Waals surface area contributed by atoms with Crippen molar-refractivity contribution >= 4 is 11.7 Å². The SMILES string of the molecule is CCNc1ncccc1C(=O)NCCN1CCOCC1. The summed E-state index contributed by atoms with van der Waals surface area (Å²) in [6.07, 6.45) is 1.68. The van der Waals surface area contributed by atoms with Gasteiger partial charge in [-0.1, -0.05) is 0 Å². The first-order chi connectivity index (χ1) is 9.81. The van der Waals surface area contributed by atoms with E-state index in [2.05, 4.69) is 20.5 Å². The Labute approximate surface area is 119 Å². The highest BCUT2D eigenvalue weighted by Gasteiger charge is 2.13. The van der Waals surface area contributed by atoms with Gasteiger partial charge in [0.2, 0.25) is 0 Å². The van der Waals surface area contributed by atoms with E-state index in [-0.39, 0.29) is 5.91 Å². The molecule has 0 atom stereocenters. The molecule has 0 bridgehead atoms. The quantitative estimate of drug-likeness (QED) is 0.796. The van der Waals surface area contributed by atoms with Gasteiger partial charge < -0.3 is 15.4 Å². The van der Waals surface area contributed by atoms with Gasteiger partial charge in [-0.3, -0.25) is 9.69 Å². The van der Waals surface area contributed by atoms with Crippen molar-refractivity contribution in [2.75, 3.05) is 51.3 Å². The molecule has 2 rings (SSSR count). The lowest BCUT2D eigenvalue weighted by Crippen LogP contribution is -2.41. The molecular weight excluding hydrogens is 256 g/mol. The van der Waals surface area contributed by atoms with E-state index < -0.39 is 0 Å². The summed E-state index contributed by atoms with van der Waals surface area (Å²) in [5.74, 6) is 0.557. The zero-order valence-electron chi connectivity index (χ0n) is 11.9. The summed E-state index contributed by atoms with van der Waals surface area (Å²) < 4.78 is 5.29. The van der Waals surface area contributed by atoms with Gasteiger partial charge in [0.05, 0.1) is 18.8 Å². The number of carbonyl (C=O) groups is 1. The molecule has 0 aliphatic carbocycles. The zero-order valence-corrected chi connectivity index (χ0v) is 11.9. The molecule has 6 nitrogen and oxygen atoms in total. The number of rotatable bonds is 6. The maximum absolute atomic E-state index is 12.1. The number of amides is 1. The number of nitrogens with one attached hydrogen (secondary N) is 2. The largest absolute Gasteiger partial charge is 0.379 e. The Hall–Kier alpha value is -1.66. The molecule has 1 aromatic rings. The average molecular weight is 278 g/mol. The summed E-state index contributed by atoms with van der Waals surface area (Å²) >= 11 is 0. The van der Waals surface area contributed by atoms with Crippen LogP contribution in [-0.4, -0.2) is 61.7 Å². The third-order valence-corrected chi connectivity index (χ3v) is 3.21. The Bertz CT molecular complexity index is 433. The van der Waals surface area contributed by atoms with Crippen LogP contribution in [0.15, 0.2) is 18.3 Å². The highest BCUT2D eigenvalue weighted by Crippen LogP contribution is 2.10. The minimum atomic E-state index is -0.0812. The topological polar surface area (TPSA) is 66.5 Å². The summed E-state index contributed by atoms with van der Waals surface area (Å²) in [7, 11) is 0. The Morgan fingerprint density at radius 3 is 3.00 bits per heavy atom. The van der Waals surface area contributed by atoms with E-state index in [1.165, 1.54) is 0 Å². The lowest BCUT2D eigenvalue weighted by molar-refractivity contribution is 0.0383. The van der Waals surface area contributed by atoms with Gasteiger partial charge in [-0.2, -0.15) is 0 Å². The van der Waals surface area contributed by atoms with Crippen LogP contribution in [0.25, 0.3) is 0 Å². The highest BCUT2D eigenvalue weighted by molar-refractivity contribution is 5.98. The smallest absolute Gasteiger partial charge is 0.255 e. The monoisotopic (exact) mass is 278 g/mol. The summed E-state index contributed by atoms with van der Waals surface area (Å²) in [6.45, 7) is 7.64. The maximum atomic E-state index is 12.1. The van der Waals surface area contributed by atoms with Gasteiger partial charge in [0, 0.05) is 38.9 Å². The van der Waals surface area contributed by atoms with Crippen molar-refractivity contribution in [2.24, 2.45) is 0 Å². The molecule has 2 N–H and O–H groups in total. The number of nitrogens with zero attached hydrogens (tertiary/aromatic N) is 2. The standard InChI is InChI=1S/C14H22N4O2/c1-2-15-13-12(4-3-5-16-13)14(19)17-6-7-18-8-10-20-11-9-18/h3-5H,2,6-11H2,1H3,(H,15,16)(H,17,19). The van der Waals surface area contributed by atoms with Crippen molar-refractivity contribution in [3.63, 3.8) is 0 Å². The van der Waals surface area contributed by atoms with Crippen molar-refractivity contribution in [3.05, 3.63) is 23.9 Å². The number of morpholine rings is 1. The van der Waals surface area contributed by atoms with Crippen LogP contribution in [-0.2, 0) is 4.74 Å². The summed E-state index contributed by atoms with van der Waals surface area (Å²) in [4.78, 5) is 18.6. The fourth-order valence-electron chi connectivity index (χ4n) is 2.14. The average Bonchev–Trinajstić information content (AvgIpc) is 2.49. The number of carbonyl (C=O) groups excluding carboxylic acids is 1. The lowest BCUT2D eigenvalue weighted by Gasteiger charge is -2.26. The second-order valence-corrected chi connectivity index (χ2v) is 4.64. The molecule has 110 valence electrons. The third-order valence-electron chi connectivity index (χ3n) is 3.21. The first-order valence-corrected chi connectivity index (χ1v) is 7.08. The van der Waals surface area contributed by atoms with Crippen LogP contribution < -0.4 is 10.6 Å². The fraction of sp³-hybridized carbons (Fsp3) is 0.571. The van der Waals surface area contributed by atoms with Crippen LogP contribution in [0.4, 0.5) is 5.82 Å². The van der Waals surface area contributed by atoms with E-state index in [0.29, 0.717) is 17.9 Å². The minimum absolute atomic E-state index is 0.0812. The molecule has 0 spiro atoms. The first kappa shape index (κ1) is 14.7. The number of hydrogen-bond acceptors (Lipinski definition) is 5. The molecule has 2 heterocycles. The van der Waals surface area contributed by atoms with Crippen LogP contribution in [0.2, 0.25) is 0 Å². The number of hydrogen-bond donors (Lipinski definition) is 2. The van der Waals surface area contributed by atoms with Crippen LogP contribution >= 0.6 is 0 Å². The molecule has 1 aromatic heterocycles. The molecule has 1 saturated heterocycles. The van der Waals surface area contributed by atoms with Gasteiger partial charge in [0.25, 0.3) is 5.91 Å². The first-order valence-electron chi connectivity index (χ1n) is 7.08. The molecule has 0 radical (unpaired) electrons. The van der Waals surface area contributed by atoms with Crippen molar-refractivity contribution in [3.8, 4) is 0 Å².